The van der Waals surface area contributed by atoms with Crippen molar-refractivity contribution in [1.29, 1.82) is 0 Å². The second-order valence-electron chi connectivity index (χ2n) is 4.81. The summed E-state index contributed by atoms with van der Waals surface area (Å²) in [6.45, 7) is 4.11. The van der Waals surface area contributed by atoms with E-state index in [1.807, 2.05) is 32.2 Å². The number of rotatable bonds is 3. The highest BCUT2D eigenvalue weighted by molar-refractivity contribution is 7.18. The molecule has 0 atom stereocenters. The maximum absolute atomic E-state index is 6.08. The molecule has 0 saturated carbocycles. The smallest absolute Gasteiger partial charge is 0.225 e. The number of fused-ring (bicyclic) bond motifs is 1. The van der Waals surface area contributed by atoms with Gasteiger partial charge in [-0.1, -0.05) is 17.7 Å². The van der Waals surface area contributed by atoms with Gasteiger partial charge in [0, 0.05) is 22.6 Å². The largest absolute Gasteiger partial charge is 0.357 e. The first kappa shape index (κ1) is 14.1. The Morgan fingerprint density at radius 1 is 1.14 bits per heavy atom. The first-order valence-corrected chi connectivity index (χ1v) is 7.75. The Bertz CT molecular complexity index is 813. The summed E-state index contributed by atoms with van der Waals surface area (Å²) in [5.41, 5.74) is 2.07. The molecule has 0 aliphatic heterocycles. The van der Waals surface area contributed by atoms with Gasteiger partial charge < -0.3 is 10.6 Å². The minimum atomic E-state index is 0.603. The van der Waals surface area contributed by atoms with Crippen molar-refractivity contribution in [3.63, 3.8) is 0 Å². The maximum atomic E-state index is 6.08. The number of aryl methyl sites for hydroxylation is 2. The lowest BCUT2D eigenvalue weighted by molar-refractivity contribution is 1.20. The van der Waals surface area contributed by atoms with Crippen molar-refractivity contribution < 1.29 is 0 Å². The van der Waals surface area contributed by atoms with Crippen LogP contribution in [0.5, 0.6) is 0 Å². The van der Waals surface area contributed by atoms with Gasteiger partial charge in [0.2, 0.25) is 5.95 Å². The lowest BCUT2D eigenvalue weighted by Crippen LogP contribution is -2.01. The molecule has 3 rings (SSSR count). The second kappa shape index (κ2) is 5.50. The van der Waals surface area contributed by atoms with Crippen LogP contribution < -0.4 is 10.6 Å². The lowest BCUT2D eigenvalue weighted by atomic mass is 10.2. The number of halogens is 1. The predicted octanol–water partition coefficient (Wildman–Crippen LogP) is 4.75. The fraction of sp³-hybridized carbons (Fsp3) is 0.200. The Hall–Kier alpha value is -1.85. The van der Waals surface area contributed by atoms with Gasteiger partial charge in [-0.2, -0.15) is 4.98 Å². The third-order valence-corrected chi connectivity index (χ3v) is 4.37. The van der Waals surface area contributed by atoms with Crippen LogP contribution >= 0.6 is 22.9 Å². The summed E-state index contributed by atoms with van der Waals surface area (Å²) in [5.74, 6) is 1.39. The molecule has 2 N–H and O–H groups in total. The van der Waals surface area contributed by atoms with Crippen LogP contribution in [-0.2, 0) is 0 Å². The van der Waals surface area contributed by atoms with Crippen LogP contribution in [0.3, 0.4) is 0 Å². The highest BCUT2D eigenvalue weighted by atomic mass is 35.5. The van der Waals surface area contributed by atoms with Gasteiger partial charge in [-0.15, -0.1) is 11.3 Å². The molecule has 0 amide bonds. The Balaban J connectivity index is 2.12. The molecule has 108 valence electrons. The van der Waals surface area contributed by atoms with E-state index in [0.717, 1.165) is 27.3 Å². The zero-order valence-corrected chi connectivity index (χ0v) is 13.6. The molecule has 0 fully saturated rings. The van der Waals surface area contributed by atoms with Crippen LogP contribution in [0.2, 0.25) is 5.02 Å². The first-order chi connectivity index (χ1) is 10.1. The van der Waals surface area contributed by atoms with E-state index in [0.29, 0.717) is 11.0 Å². The van der Waals surface area contributed by atoms with Gasteiger partial charge in [0.25, 0.3) is 0 Å². The Labute approximate surface area is 132 Å². The molecule has 21 heavy (non-hydrogen) atoms. The van der Waals surface area contributed by atoms with E-state index >= 15 is 0 Å². The van der Waals surface area contributed by atoms with Crippen LogP contribution in [-0.4, -0.2) is 17.0 Å². The van der Waals surface area contributed by atoms with Gasteiger partial charge in [-0.25, -0.2) is 4.98 Å². The second-order valence-corrected chi connectivity index (χ2v) is 6.48. The van der Waals surface area contributed by atoms with Gasteiger partial charge >= 0.3 is 0 Å². The summed E-state index contributed by atoms with van der Waals surface area (Å²) in [7, 11) is 1.82. The molecule has 4 nitrogen and oxygen atoms in total. The summed E-state index contributed by atoms with van der Waals surface area (Å²) in [6, 6.07) is 7.87. The van der Waals surface area contributed by atoms with Crippen LogP contribution in [0.15, 0.2) is 24.3 Å². The standard InChI is InChI=1S/C15H15ClN4S/c1-8-4-5-10(16)7-12(8)18-13-11-6-9(2)21-14(11)20-15(17-3)19-13/h4-7H,1-3H3,(H2,17,18,19,20). The number of benzene rings is 1. The molecule has 3 aromatic rings. The molecule has 6 heteroatoms. The summed E-state index contributed by atoms with van der Waals surface area (Å²) in [4.78, 5) is 11.2. The van der Waals surface area contributed by atoms with Crippen molar-refractivity contribution in [3.05, 3.63) is 39.7 Å². The van der Waals surface area contributed by atoms with E-state index in [2.05, 4.69) is 33.6 Å². The number of anilines is 3. The molecule has 0 radical (unpaired) electrons. The minimum Gasteiger partial charge on any atom is -0.357 e. The Morgan fingerprint density at radius 3 is 2.71 bits per heavy atom. The zero-order valence-electron chi connectivity index (χ0n) is 12.0. The van der Waals surface area contributed by atoms with Crippen molar-refractivity contribution in [2.24, 2.45) is 0 Å². The Kier molecular flexibility index (Phi) is 3.69. The van der Waals surface area contributed by atoms with Crippen LogP contribution in [0.4, 0.5) is 17.5 Å². The van der Waals surface area contributed by atoms with E-state index in [4.69, 9.17) is 11.6 Å². The molecular weight excluding hydrogens is 304 g/mol. The average molecular weight is 319 g/mol. The van der Waals surface area contributed by atoms with E-state index < -0.39 is 0 Å². The van der Waals surface area contributed by atoms with E-state index in [-0.39, 0.29) is 0 Å². The van der Waals surface area contributed by atoms with Crippen LogP contribution in [0.1, 0.15) is 10.4 Å². The van der Waals surface area contributed by atoms with Crippen molar-refractivity contribution in [3.8, 4) is 0 Å². The highest BCUT2D eigenvalue weighted by Gasteiger charge is 2.11. The third kappa shape index (κ3) is 2.80. The predicted molar refractivity (Wildman–Crippen MR) is 91.2 cm³/mol. The van der Waals surface area contributed by atoms with Crippen LogP contribution in [0.25, 0.3) is 10.2 Å². The SMILES string of the molecule is CNc1nc(Nc2cc(Cl)ccc2C)c2cc(C)sc2n1. The normalized spacial score (nSPS) is 10.9. The van der Waals surface area contributed by atoms with Gasteiger partial charge in [-0.05, 0) is 37.6 Å². The molecule has 2 heterocycles. The number of thiophene rings is 1. The van der Waals surface area contributed by atoms with E-state index in [1.165, 1.54) is 4.88 Å². The minimum absolute atomic E-state index is 0.603. The van der Waals surface area contributed by atoms with Crippen molar-refractivity contribution >= 4 is 50.6 Å². The van der Waals surface area contributed by atoms with Gasteiger partial charge in [0.15, 0.2) is 0 Å². The molecule has 0 bridgehead atoms. The lowest BCUT2D eigenvalue weighted by Gasteiger charge is -2.11. The molecule has 0 unspecified atom stereocenters. The number of aromatic nitrogens is 2. The summed E-state index contributed by atoms with van der Waals surface area (Å²) >= 11 is 7.74. The summed E-state index contributed by atoms with van der Waals surface area (Å²) in [5, 5.41) is 8.10. The van der Waals surface area contributed by atoms with E-state index in [1.54, 1.807) is 11.3 Å². The van der Waals surface area contributed by atoms with Gasteiger partial charge in [0.05, 0.1) is 5.39 Å². The number of hydrogen-bond donors (Lipinski definition) is 2. The molecule has 1 aromatic carbocycles. The van der Waals surface area contributed by atoms with Crippen molar-refractivity contribution in [1.82, 2.24) is 9.97 Å². The molecule has 0 aliphatic rings. The molecule has 0 spiro atoms. The van der Waals surface area contributed by atoms with E-state index in [9.17, 15) is 0 Å². The molecule has 0 saturated heterocycles. The van der Waals surface area contributed by atoms with Crippen LogP contribution in [0, 0.1) is 13.8 Å². The third-order valence-electron chi connectivity index (χ3n) is 3.19. The van der Waals surface area contributed by atoms with Gasteiger partial charge in [0.1, 0.15) is 10.6 Å². The molecule has 0 aliphatic carbocycles. The number of hydrogen-bond acceptors (Lipinski definition) is 5. The first-order valence-electron chi connectivity index (χ1n) is 6.56. The summed E-state index contributed by atoms with van der Waals surface area (Å²) in [6.07, 6.45) is 0. The monoisotopic (exact) mass is 318 g/mol. The zero-order chi connectivity index (χ0) is 15.0. The quantitative estimate of drug-likeness (QED) is 0.732. The number of nitrogens with one attached hydrogen (secondary N) is 2. The fourth-order valence-electron chi connectivity index (χ4n) is 2.11. The van der Waals surface area contributed by atoms with Crippen molar-refractivity contribution in [2.75, 3.05) is 17.7 Å². The van der Waals surface area contributed by atoms with Gasteiger partial charge in [-0.3, -0.25) is 0 Å². The number of nitrogens with zero attached hydrogens (tertiary/aromatic N) is 2. The maximum Gasteiger partial charge on any atom is 0.225 e. The average Bonchev–Trinajstić information content (AvgIpc) is 2.83. The fourth-order valence-corrected chi connectivity index (χ4v) is 3.16. The topological polar surface area (TPSA) is 49.8 Å². The van der Waals surface area contributed by atoms with Crippen molar-refractivity contribution in [2.45, 2.75) is 13.8 Å². The Morgan fingerprint density at radius 2 is 1.95 bits per heavy atom. The highest BCUT2D eigenvalue weighted by Crippen LogP contribution is 2.32. The molecule has 2 aromatic heterocycles. The summed E-state index contributed by atoms with van der Waals surface area (Å²) < 4.78 is 0. The molecular formula is C15H15ClN4S.